The van der Waals surface area contributed by atoms with Crippen molar-refractivity contribution in [2.75, 3.05) is 49.6 Å². The predicted molar refractivity (Wildman–Crippen MR) is 188 cm³/mol. The maximum absolute atomic E-state index is 15.6. The van der Waals surface area contributed by atoms with E-state index in [2.05, 4.69) is 15.1 Å². The second-order valence-corrected chi connectivity index (χ2v) is 12.0. The molecule has 1 aliphatic rings. The fourth-order valence-electron chi connectivity index (χ4n) is 5.66. The number of nitrogens with zero attached hydrogens (tertiary/aromatic N) is 3. The average molecular weight is 674 g/mol. The van der Waals surface area contributed by atoms with Crippen molar-refractivity contribution in [2.45, 2.75) is 32.9 Å². The van der Waals surface area contributed by atoms with Crippen LogP contribution in [-0.2, 0) is 22.7 Å². The molecule has 0 atom stereocenters. The Balaban J connectivity index is 1.43. The molecule has 0 aliphatic carbocycles. The first kappa shape index (κ1) is 34.7. The molecule has 1 heterocycles. The Morgan fingerprint density at radius 3 is 2.48 bits per heavy atom. The topological polar surface area (TPSA) is 100 Å². The first-order valence-electron chi connectivity index (χ1n) is 16.0. The quantitative estimate of drug-likeness (QED) is 0.164. The van der Waals surface area contributed by atoms with Crippen LogP contribution in [-0.4, -0.2) is 56.5 Å². The zero-order valence-corrected chi connectivity index (χ0v) is 28.0. The number of carbonyl (C=O) groups is 2. The highest BCUT2D eigenvalue weighted by Gasteiger charge is 2.28. The first-order chi connectivity index (χ1) is 23.3. The summed E-state index contributed by atoms with van der Waals surface area (Å²) in [5.74, 6) is 0.681. The summed E-state index contributed by atoms with van der Waals surface area (Å²) in [6.07, 6.45) is 1.06. The largest absolute Gasteiger partial charge is 0.495 e. The Kier molecular flexibility index (Phi) is 11.9. The van der Waals surface area contributed by atoms with Crippen molar-refractivity contribution in [3.63, 3.8) is 0 Å². The van der Waals surface area contributed by atoms with E-state index in [0.717, 1.165) is 17.0 Å². The molecule has 9 nitrogen and oxygen atoms in total. The number of carbonyl (C=O) groups excluding carboxylic acids is 2. The lowest BCUT2D eigenvalue weighted by Crippen LogP contribution is -2.49. The van der Waals surface area contributed by atoms with Gasteiger partial charge in [0.2, 0.25) is 11.8 Å². The molecule has 0 bridgehead atoms. The Hall–Kier alpha value is -4.64. The van der Waals surface area contributed by atoms with Crippen LogP contribution < -0.4 is 30.3 Å². The summed E-state index contributed by atoms with van der Waals surface area (Å²) < 4.78 is 27.4. The number of benzene rings is 4. The van der Waals surface area contributed by atoms with Gasteiger partial charge in [0, 0.05) is 62.3 Å². The number of para-hydroxylation sites is 2. The number of hydrogen-bond acceptors (Lipinski definition) is 7. The van der Waals surface area contributed by atoms with E-state index in [-0.39, 0.29) is 24.9 Å². The molecule has 1 aliphatic heterocycles. The molecule has 252 valence electrons. The lowest BCUT2D eigenvalue weighted by atomic mass is 10.1. The standard InChI is InChI=1S/C37H41ClFN5O4/c1-3-7-36(45)41-24-27-12-14-29(22-31(27)39)44(33-15-13-28(38)21-35(33)48-30-9-6-8-26(20-30)23-40)37(46)25-42-16-18-43(19-17-42)32-10-4-5-11-34(32)47-2/h4-6,8-15,20-22H,3,7,16-19,23-25,40H2,1-2H3,(H,41,45). The van der Waals surface area contributed by atoms with E-state index in [4.69, 9.17) is 26.8 Å². The molecule has 2 amide bonds. The molecule has 4 aromatic rings. The zero-order valence-electron chi connectivity index (χ0n) is 27.3. The van der Waals surface area contributed by atoms with Gasteiger partial charge in [-0.1, -0.05) is 48.9 Å². The third kappa shape index (κ3) is 8.63. The Bertz CT molecular complexity index is 1730. The maximum atomic E-state index is 15.6. The van der Waals surface area contributed by atoms with Crippen molar-refractivity contribution in [2.24, 2.45) is 5.73 Å². The highest BCUT2D eigenvalue weighted by Crippen LogP contribution is 2.39. The highest BCUT2D eigenvalue weighted by atomic mass is 35.5. The van der Waals surface area contributed by atoms with Gasteiger partial charge in [-0.3, -0.25) is 19.4 Å². The van der Waals surface area contributed by atoms with Crippen molar-refractivity contribution in [1.82, 2.24) is 10.2 Å². The molecule has 1 fully saturated rings. The third-order valence-corrected chi connectivity index (χ3v) is 8.41. The van der Waals surface area contributed by atoms with Gasteiger partial charge in [-0.15, -0.1) is 0 Å². The number of halogens is 2. The molecule has 5 rings (SSSR count). The van der Waals surface area contributed by atoms with Crippen LogP contribution in [0.25, 0.3) is 0 Å². The summed E-state index contributed by atoms with van der Waals surface area (Å²) in [7, 11) is 1.66. The second kappa shape index (κ2) is 16.5. The molecule has 0 spiro atoms. The second-order valence-electron chi connectivity index (χ2n) is 11.5. The van der Waals surface area contributed by atoms with Crippen LogP contribution in [0.1, 0.15) is 30.9 Å². The van der Waals surface area contributed by atoms with Gasteiger partial charge in [0.25, 0.3) is 0 Å². The van der Waals surface area contributed by atoms with Crippen LogP contribution in [0.3, 0.4) is 0 Å². The van der Waals surface area contributed by atoms with Crippen LogP contribution in [0.2, 0.25) is 5.02 Å². The third-order valence-electron chi connectivity index (χ3n) is 8.18. The minimum atomic E-state index is -0.542. The number of piperazine rings is 1. The maximum Gasteiger partial charge on any atom is 0.245 e. The molecule has 0 saturated carbocycles. The molecule has 3 N–H and O–H groups in total. The Morgan fingerprint density at radius 1 is 0.958 bits per heavy atom. The summed E-state index contributed by atoms with van der Waals surface area (Å²) in [5, 5.41) is 3.16. The van der Waals surface area contributed by atoms with Gasteiger partial charge in [0.05, 0.1) is 30.7 Å². The summed E-state index contributed by atoms with van der Waals surface area (Å²) in [4.78, 5) is 32.1. The molecule has 11 heteroatoms. The number of nitrogens with two attached hydrogens (primary N) is 1. The number of anilines is 3. The van der Waals surface area contributed by atoms with E-state index >= 15 is 4.39 Å². The average Bonchev–Trinajstić information content (AvgIpc) is 3.09. The van der Waals surface area contributed by atoms with Gasteiger partial charge >= 0.3 is 0 Å². The van der Waals surface area contributed by atoms with Gasteiger partial charge in [-0.25, -0.2) is 4.39 Å². The number of hydrogen-bond donors (Lipinski definition) is 2. The number of amides is 2. The number of nitrogens with one attached hydrogen (secondary N) is 1. The molecular formula is C37H41ClFN5O4. The summed E-state index contributed by atoms with van der Waals surface area (Å²) >= 11 is 6.42. The Morgan fingerprint density at radius 2 is 1.75 bits per heavy atom. The van der Waals surface area contributed by atoms with E-state index in [1.807, 2.05) is 49.4 Å². The minimum absolute atomic E-state index is 0.0438. The lowest BCUT2D eigenvalue weighted by molar-refractivity contribution is -0.121. The van der Waals surface area contributed by atoms with E-state index in [9.17, 15) is 9.59 Å². The van der Waals surface area contributed by atoms with Gasteiger partial charge in [0.15, 0.2) is 5.75 Å². The van der Waals surface area contributed by atoms with Crippen molar-refractivity contribution in [3.05, 3.63) is 107 Å². The van der Waals surface area contributed by atoms with Crippen molar-refractivity contribution >= 4 is 40.5 Å². The highest BCUT2D eigenvalue weighted by molar-refractivity contribution is 6.31. The SMILES string of the molecule is CCCC(=O)NCc1ccc(N(C(=O)CN2CCN(c3ccccc3OC)CC2)c2ccc(Cl)cc2Oc2cccc(CN)c2)cc1F. The van der Waals surface area contributed by atoms with Gasteiger partial charge in [-0.2, -0.15) is 0 Å². The number of ether oxygens (including phenoxy) is 2. The number of methoxy groups -OCH3 is 1. The molecule has 1 saturated heterocycles. The predicted octanol–water partition coefficient (Wildman–Crippen LogP) is 6.64. The van der Waals surface area contributed by atoms with Gasteiger partial charge in [-0.05, 0) is 60.5 Å². The fourth-order valence-corrected chi connectivity index (χ4v) is 5.82. The first-order valence-corrected chi connectivity index (χ1v) is 16.4. The molecular weight excluding hydrogens is 633 g/mol. The van der Waals surface area contributed by atoms with E-state index in [1.54, 1.807) is 43.5 Å². The summed E-state index contributed by atoms with van der Waals surface area (Å²) in [6, 6.07) is 24.8. The molecule has 4 aromatic carbocycles. The minimum Gasteiger partial charge on any atom is -0.495 e. The van der Waals surface area contributed by atoms with Crippen molar-refractivity contribution < 1.29 is 23.5 Å². The smallest absolute Gasteiger partial charge is 0.245 e. The van der Waals surface area contributed by atoms with E-state index in [1.165, 1.54) is 11.0 Å². The van der Waals surface area contributed by atoms with E-state index < -0.39 is 5.82 Å². The summed E-state index contributed by atoms with van der Waals surface area (Å²) in [6.45, 7) is 5.05. The van der Waals surface area contributed by atoms with Crippen molar-refractivity contribution in [1.29, 1.82) is 0 Å². The fraction of sp³-hybridized carbons (Fsp3) is 0.297. The molecule has 48 heavy (non-hydrogen) atoms. The van der Waals surface area contributed by atoms with Crippen LogP contribution in [0, 0.1) is 5.82 Å². The molecule has 0 aromatic heterocycles. The number of rotatable bonds is 13. The van der Waals surface area contributed by atoms with Crippen LogP contribution in [0.15, 0.2) is 84.9 Å². The van der Waals surface area contributed by atoms with E-state index in [0.29, 0.717) is 79.0 Å². The summed E-state index contributed by atoms with van der Waals surface area (Å²) in [5.41, 5.74) is 8.77. The molecule has 0 radical (unpaired) electrons. The normalized spacial score (nSPS) is 13.2. The monoisotopic (exact) mass is 673 g/mol. The van der Waals surface area contributed by atoms with Gasteiger partial charge in [0.1, 0.15) is 17.3 Å². The Labute approximate surface area is 286 Å². The van der Waals surface area contributed by atoms with Crippen molar-refractivity contribution in [3.8, 4) is 17.2 Å². The van der Waals surface area contributed by atoms with Crippen LogP contribution >= 0.6 is 11.6 Å². The van der Waals surface area contributed by atoms with Crippen LogP contribution in [0.5, 0.6) is 17.2 Å². The van der Waals surface area contributed by atoms with Crippen LogP contribution in [0.4, 0.5) is 21.5 Å². The molecule has 0 unspecified atom stereocenters. The van der Waals surface area contributed by atoms with Gasteiger partial charge < -0.3 is 25.4 Å². The zero-order chi connectivity index (χ0) is 34.0. The lowest BCUT2D eigenvalue weighted by Gasteiger charge is -2.37.